The second-order valence-corrected chi connectivity index (χ2v) is 10.9. The van der Waals surface area contributed by atoms with Gasteiger partial charge in [-0.15, -0.1) is 0 Å². The molecule has 42 heavy (non-hydrogen) atoms. The molecule has 0 aromatic heterocycles. The van der Waals surface area contributed by atoms with Gasteiger partial charge in [-0.05, 0) is 82.9 Å². The first-order chi connectivity index (χ1) is 20.9. The molecular weight excluding hydrogens is 504 g/mol. The van der Waals surface area contributed by atoms with E-state index in [1.54, 1.807) is 0 Å². The zero-order chi connectivity index (χ0) is 27.9. The number of benzene rings is 8. The lowest BCUT2D eigenvalue weighted by molar-refractivity contribution is 1.60. The number of fused-ring (bicyclic) bond motifs is 3. The van der Waals surface area contributed by atoms with Crippen LogP contribution in [0.1, 0.15) is 0 Å². The van der Waals surface area contributed by atoms with Crippen LogP contribution in [0.5, 0.6) is 0 Å². The van der Waals surface area contributed by atoms with Gasteiger partial charge in [-0.1, -0.05) is 164 Å². The van der Waals surface area contributed by atoms with E-state index in [0.29, 0.717) is 0 Å². The van der Waals surface area contributed by atoms with Crippen molar-refractivity contribution in [2.24, 2.45) is 0 Å². The first-order valence-corrected chi connectivity index (χ1v) is 14.5. The van der Waals surface area contributed by atoms with Gasteiger partial charge in [0.15, 0.2) is 0 Å². The molecule has 0 bridgehead atoms. The summed E-state index contributed by atoms with van der Waals surface area (Å²) in [5, 5.41) is 7.62. The zero-order valence-electron chi connectivity index (χ0n) is 23.2. The topological polar surface area (TPSA) is 0 Å². The molecular formula is C42H28. The molecule has 0 aliphatic heterocycles. The van der Waals surface area contributed by atoms with Crippen LogP contribution in [0.25, 0.3) is 76.8 Å². The van der Waals surface area contributed by atoms with Crippen molar-refractivity contribution in [3.63, 3.8) is 0 Å². The molecule has 0 heteroatoms. The second-order valence-electron chi connectivity index (χ2n) is 10.9. The maximum Gasteiger partial charge on any atom is -0.00141 e. The minimum atomic E-state index is 1.22. The summed E-state index contributed by atoms with van der Waals surface area (Å²) in [6.45, 7) is 0. The van der Waals surface area contributed by atoms with Crippen LogP contribution in [0.4, 0.5) is 0 Å². The smallest absolute Gasteiger partial charge is 0.00141 e. The van der Waals surface area contributed by atoms with Crippen LogP contribution in [0.3, 0.4) is 0 Å². The van der Waals surface area contributed by atoms with Gasteiger partial charge >= 0.3 is 0 Å². The van der Waals surface area contributed by atoms with Crippen LogP contribution in [-0.2, 0) is 0 Å². The minimum Gasteiger partial charge on any atom is -0.0622 e. The van der Waals surface area contributed by atoms with E-state index in [1.807, 2.05) is 0 Å². The summed E-state index contributed by atoms with van der Waals surface area (Å²) in [5.74, 6) is 0. The number of hydrogen-bond acceptors (Lipinski definition) is 0. The van der Waals surface area contributed by atoms with E-state index in [2.05, 4.69) is 170 Å². The van der Waals surface area contributed by atoms with Crippen LogP contribution in [0, 0.1) is 0 Å². The Morgan fingerprint density at radius 1 is 0.262 bits per heavy atom. The van der Waals surface area contributed by atoms with E-state index in [4.69, 9.17) is 0 Å². The molecule has 0 N–H and O–H groups in total. The molecule has 196 valence electrons. The molecule has 0 saturated carbocycles. The summed E-state index contributed by atoms with van der Waals surface area (Å²) < 4.78 is 0. The third-order valence-electron chi connectivity index (χ3n) is 8.45. The number of hydrogen-bond donors (Lipinski definition) is 0. The molecule has 0 nitrogen and oxygen atoms in total. The van der Waals surface area contributed by atoms with E-state index in [1.165, 1.54) is 76.8 Å². The second kappa shape index (κ2) is 10.2. The van der Waals surface area contributed by atoms with Crippen molar-refractivity contribution in [1.29, 1.82) is 0 Å². The fraction of sp³-hybridized carbons (Fsp3) is 0. The SMILES string of the molecule is c1ccc(-c2cccc(-c3c4ccccc4c(-c4cccc5ccccc45)c4cccc(-c5ccccc5)c34)c2)cc1. The van der Waals surface area contributed by atoms with Crippen LogP contribution in [0.15, 0.2) is 170 Å². The van der Waals surface area contributed by atoms with E-state index in [9.17, 15) is 0 Å². The predicted molar refractivity (Wildman–Crippen MR) is 181 cm³/mol. The van der Waals surface area contributed by atoms with E-state index in [-0.39, 0.29) is 0 Å². The van der Waals surface area contributed by atoms with Gasteiger partial charge in [-0.2, -0.15) is 0 Å². The van der Waals surface area contributed by atoms with Crippen molar-refractivity contribution in [2.45, 2.75) is 0 Å². The van der Waals surface area contributed by atoms with Crippen molar-refractivity contribution in [3.05, 3.63) is 170 Å². The van der Waals surface area contributed by atoms with Crippen molar-refractivity contribution in [3.8, 4) is 44.5 Å². The summed E-state index contributed by atoms with van der Waals surface area (Å²) in [5.41, 5.74) is 9.99. The molecule has 0 aliphatic rings. The Kier molecular flexibility index (Phi) is 5.90. The molecule has 8 rings (SSSR count). The molecule has 0 aliphatic carbocycles. The fourth-order valence-electron chi connectivity index (χ4n) is 6.61. The van der Waals surface area contributed by atoms with Crippen molar-refractivity contribution in [2.75, 3.05) is 0 Å². The molecule has 0 spiro atoms. The van der Waals surface area contributed by atoms with Gasteiger partial charge in [0.05, 0.1) is 0 Å². The molecule has 0 radical (unpaired) electrons. The standard InChI is InChI=1S/C42H28/c1-3-14-29(15-4-1)32-20-11-21-33(28-32)40-37-23-9-10-24-38(37)41(36-26-12-19-30-18-7-8-22-34(30)36)39-27-13-25-35(42(39)40)31-16-5-2-6-17-31/h1-28H. The predicted octanol–water partition coefficient (Wildman–Crippen LogP) is 11.8. The molecule has 0 saturated heterocycles. The Morgan fingerprint density at radius 2 is 0.762 bits per heavy atom. The molecule has 0 atom stereocenters. The third-order valence-corrected chi connectivity index (χ3v) is 8.45. The normalized spacial score (nSPS) is 11.3. The van der Waals surface area contributed by atoms with Crippen LogP contribution in [0.2, 0.25) is 0 Å². The van der Waals surface area contributed by atoms with Crippen LogP contribution in [-0.4, -0.2) is 0 Å². The summed E-state index contributed by atoms with van der Waals surface area (Å²) in [4.78, 5) is 0. The Bertz CT molecular complexity index is 2220. The highest BCUT2D eigenvalue weighted by atomic mass is 14.2. The van der Waals surface area contributed by atoms with Crippen LogP contribution < -0.4 is 0 Å². The van der Waals surface area contributed by atoms with Gasteiger partial charge in [0.1, 0.15) is 0 Å². The lowest BCUT2D eigenvalue weighted by atomic mass is 9.82. The summed E-state index contributed by atoms with van der Waals surface area (Å²) in [6, 6.07) is 61.7. The number of rotatable bonds is 4. The highest BCUT2D eigenvalue weighted by Gasteiger charge is 2.20. The minimum absolute atomic E-state index is 1.22. The van der Waals surface area contributed by atoms with Crippen LogP contribution >= 0.6 is 0 Å². The third kappa shape index (κ3) is 4.00. The van der Waals surface area contributed by atoms with Gasteiger partial charge in [0.25, 0.3) is 0 Å². The average Bonchev–Trinajstić information content (AvgIpc) is 3.07. The lowest BCUT2D eigenvalue weighted by Gasteiger charge is -2.21. The zero-order valence-corrected chi connectivity index (χ0v) is 23.2. The van der Waals surface area contributed by atoms with Gasteiger partial charge in [-0.3, -0.25) is 0 Å². The van der Waals surface area contributed by atoms with E-state index < -0.39 is 0 Å². The fourth-order valence-corrected chi connectivity index (χ4v) is 6.61. The van der Waals surface area contributed by atoms with Crippen molar-refractivity contribution >= 4 is 32.3 Å². The molecule has 8 aromatic carbocycles. The van der Waals surface area contributed by atoms with Gasteiger partial charge in [0, 0.05) is 0 Å². The Labute approximate surface area is 246 Å². The highest BCUT2D eigenvalue weighted by Crippen LogP contribution is 2.48. The van der Waals surface area contributed by atoms with Gasteiger partial charge in [-0.25, -0.2) is 0 Å². The lowest BCUT2D eigenvalue weighted by Crippen LogP contribution is -1.94. The molecule has 0 unspecified atom stereocenters. The maximum atomic E-state index is 2.36. The quantitative estimate of drug-likeness (QED) is 0.198. The first kappa shape index (κ1) is 24.3. The Balaban J connectivity index is 1.56. The first-order valence-electron chi connectivity index (χ1n) is 14.5. The summed E-state index contributed by atoms with van der Waals surface area (Å²) in [7, 11) is 0. The summed E-state index contributed by atoms with van der Waals surface area (Å²) >= 11 is 0. The molecule has 8 aromatic rings. The monoisotopic (exact) mass is 532 g/mol. The Hall–Kier alpha value is -5.46. The van der Waals surface area contributed by atoms with E-state index in [0.717, 1.165) is 0 Å². The Morgan fingerprint density at radius 3 is 1.55 bits per heavy atom. The van der Waals surface area contributed by atoms with Gasteiger partial charge < -0.3 is 0 Å². The van der Waals surface area contributed by atoms with Gasteiger partial charge in [0.2, 0.25) is 0 Å². The summed E-state index contributed by atoms with van der Waals surface area (Å²) in [6.07, 6.45) is 0. The van der Waals surface area contributed by atoms with Crippen molar-refractivity contribution < 1.29 is 0 Å². The average molecular weight is 533 g/mol. The van der Waals surface area contributed by atoms with Crippen molar-refractivity contribution in [1.82, 2.24) is 0 Å². The molecule has 0 fully saturated rings. The maximum absolute atomic E-state index is 2.36. The highest BCUT2D eigenvalue weighted by molar-refractivity contribution is 6.26. The van der Waals surface area contributed by atoms with E-state index >= 15 is 0 Å². The molecule has 0 amide bonds. The molecule has 0 heterocycles. The largest absolute Gasteiger partial charge is 0.0622 e.